The summed E-state index contributed by atoms with van der Waals surface area (Å²) in [5, 5.41) is 23.7. The van der Waals surface area contributed by atoms with E-state index in [0.29, 0.717) is 17.5 Å². The number of amides is 1. The fraction of sp³-hybridized carbons (Fsp3) is 0.421. The minimum Gasteiger partial charge on any atom is -0.387 e. The van der Waals surface area contributed by atoms with E-state index < -0.39 is 81.4 Å². The molecule has 2 aliphatic heterocycles. The van der Waals surface area contributed by atoms with Crippen LogP contribution in [0.1, 0.15) is 69.4 Å². The Morgan fingerprint density at radius 3 is 2.33 bits per heavy atom. The number of aliphatic hydroxyl groups is 2. The second kappa shape index (κ2) is 21.4. The molecule has 4 heterocycles. The van der Waals surface area contributed by atoms with Crippen LogP contribution in [0, 0.1) is 0 Å². The molecule has 2 aliphatic rings. The van der Waals surface area contributed by atoms with Crippen LogP contribution in [0.4, 0.5) is 5.69 Å². The summed E-state index contributed by atoms with van der Waals surface area (Å²) >= 11 is 0. The largest absolute Gasteiger partial charge is 0.490 e. The van der Waals surface area contributed by atoms with Gasteiger partial charge in [0, 0.05) is 61.1 Å². The van der Waals surface area contributed by atoms with E-state index in [1.807, 2.05) is 73.1 Å². The van der Waals surface area contributed by atoms with Crippen LogP contribution in [-0.2, 0) is 58.4 Å². The van der Waals surface area contributed by atoms with Crippen LogP contribution in [0.15, 0.2) is 87.3 Å². The zero-order chi connectivity index (χ0) is 48.8. The highest BCUT2D eigenvalue weighted by atomic mass is 32.2. The number of pyridine rings is 1. The SMILES string of the molecule is CCN1/C(=C/C=C/c2cc[n+](CCCCCC(=O)NC/C=C/c3cn([C@@H]4O[C@H](COP(=O)(O)OP(=O)(O)OP(=O)(O)O)[C@@H](O)[C@H]4O)c(=O)[nH]c3=O)cc2)C(C)(C)c2cc(S(=O)(=O)O)ccc21. The van der Waals surface area contributed by atoms with Crippen LogP contribution in [0.3, 0.4) is 0 Å². The maximum absolute atomic E-state index is 12.6. The number of carbonyl (C=O) groups is 1. The number of fused-ring (bicyclic) bond motifs is 1. The molecule has 24 nitrogen and oxygen atoms in total. The Bertz CT molecular complexity index is 2740. The van der Waals surface area contributed by atoms with Crippen molar-refractivity contribution in [2.75, 3.05) is 24.6 Å². The van der Waals surface area contributed by atoms with Gasteiger partial charge in [-0.25, -0.2) is 23.1 Å². The number of unbranched alkanes of at least 4 members (excludes halogenated alkanes) is 2. The number of carbonyl (C=O) groups excluding carboxylic acids is 1. The molecule has 0 saturated carbocycles. The second-order valence-corrected chi connectivity index (χ2v) is 21.3. The van der Waals surface area contributed by atoms with Crippen molar-refractivity contribution >= 4 is 57.3 Å². The number of aliphatic hydroxyl groups excluding tert-OH is 2. The summed E-state index contributed by atoms with van der Waals surface area (Å²) < 4.78 is 87.4. The van der Waals surface area contributed by atoms with E-state index >= 15 is 0 Å². The number of nitrogens with zero attached hydrogens (tertiary/aromatic N) is 3. The number of rotatable bonds is 21. The minimum atomic E-state index is -5.83. The molecule has 66 heavy (non-hydrogen) atoms. The molecule has 0 aliphatic carbocycles. The van der Waals surface area contributed by atoms with Gasteiger partial charge in [0.1, 0.15) is 24.9 Å². The Kier molecular flexibility index (Phi) is 17.1. The predicted molar refractivity (Wildman–Crippen MR) is 234 cm³/mol. The van der Waals surface area contributed by atoms with Gasteiger partial charge in [-0.2, -0.15) is 17.0 Å². The van der Waals surface area contributed by atoms with Gasteiger partial charge < -0.3 is 44.7 Å². The van der Waals surface area contributed by atoms with Gasteiger partial charge in [0.25, 0.3) is 15.7 Å². The van der Waals surface area contributed by atoms with E-state index in [1.165, 1.54) is 24.3 Å². The van der Waals surface area contributed by atoms with Gasteiger partial charge in [0.2, 0.25) is 5.91 Å². The Morgan fingerprint density at radius 1 is 0.985 bits per heavy atom. The first-order valence-corrected chi connectivity index (χ1v) is 26.0. The third-order valence-corrected chi connectivity index (χ3v) is 15.0. The number of allylic oxidation sites excluding steroid dienone is 3. The lowest BCUT2D eigenvalue weighted by molar-refractivity contribution is -0.697. The minimum absolute atomic E-state index is 0.00918. The number of likely N-dealkylation sites (N-methyl/N-ethyl adjacent to an activating group) is 1. The Balaban J connectivity index is 1.04. The molecular formula is C38H51N5O19P3S+. The lowest BCUT2D eigenvalue weighted by Crippen LogP contribution is -2.38. The van der Waals surface area contributed by atoms with Crippen LogP contribution in [0.5, 0.6) is 0 Å². The van der Waals surface area contributed by atoms with Crippen molar-refractivity contribution in [2.24, 2.45) is 0 Å². The number of hydrogen-bond acceptors (Lipinski definition) is 15. The Labute approximate surface area is 377 Å². The molecule has 0 bridgehead atoms. The number of H-pyrrole nitrogens is 1. The molecule has 6 atom stereocenters. The zero-order valence-electron chi connectivity index (χ0n) is 35.6. The van der Waals surface area contributed by atoms with E-state index in [4.69, 9.17) is 14.5 Å². The molecule has 0 spiro atoms. The molecule has 1 fully saturated rings. The summed E-state index contributed by atoms with van der Waals surface area (Å²) in [6.45, 7) is 6.31. The van der Waals surface area contributed by atoms with E-state index in [2.05, 4.69) is 23.4 Å². The van der Waals surface area contributed by atoms with Gasteiger partial charge in [-0.05, 0) is 55.2 Å². The number of hydrogen-bond donors (Lipinski definition) is 9. The molecular weight excluding hydrogens is 955 g/mol. The number of phosphoric ester groups is 1. The monoisotopic (exact) mass is 1010 g/mol. The molecule has 3 aromatic rings. The van der Waals surface area contributed by atoms with Gasteiger partial charge in [0.05, 0.1) is 17.1 Å². The molecule has 362 valence electrons. The summed E-state index contributed by atoms with van der Waals surface area (Å²) in [7, 11) is -21.4. The van der Waals surface area contributed by atoms with Crippen LogP contribution >= 0.6 is 23.5 Å². The quantitative estimate of drug-likeness (QED) is 0.0319. The number of ether oxygens (including phenoxy) is 1. The average molecular weight is 1010 g/mol. The van der Waals surface area contributed by atoms with Crippen LogP contribution in [0.2, 0.25) is 0 Å². The van der Waals surface area contributed by atoms with Gasteiger partial charge in [-0.3, -0.25) is 28.2 Å². The highest BCUT2D eigenvalue weighted by Gasteiger charge is 2.47. The second-order valence-electron chi connectivity index (χ2n) is 15.5. The summed E-state index contributed by atoms with van der Waals surface area (Å²) in [4.78, 5) is 77.8. The molecule has 5 rings (SSSR count). The molecule has 2 unspecified atom stereocenters. The van der Waals surface area contributed by atoms with Crippen LogP contribution in [-0.4, -0.2) is 96.2 Å². The third-order valence-electron chi connectivity index (χ3n) is 10.4. The van der Waals surface area contributed by atoms with E-state index in [0.717, 1.165) is 48.1 Å². The molecule has 1 saturated heterocycles. The van der Waals surface area contributed by atoms with Crippen molar-refractivity contribution in [2.45, 2.75) is 87.8 Å². The third kappa shape index (κ3) is 13.9. The zero-order valence-corrected chi connectivity index (χ0v) is 39.1. The summed E-state index contributed by atoms with van der Waals surface area (Å²) in [5.41, 5.74) is 1.09. The van der Waals surface area contributed by atoms with Crippen molar-refractivity contribution in [3.05, 3.63) is 110 Å². The van der Waals surface area contributed by atoms with Crippen molar-refractivity contribution < 1.29 is 83.7 Å². The van der Waals surface area contributed by atoms with Gasteiger partial charge in [-0.15, -0.1) is 0 Å². The first kappa shape index (κ1) is 52.7. The van der Waals surface area contributed by atoms with Crippen molar-refractivity contribution in [3.63, 3.8) is 0 Å². The number of nitrogens with one attached hydrogen (secondary N) is 2. The van der Waals surface area contributed by atoms with Crippen LogP contribution < -0.4 is 26.0 Å². The number of benzene rings is 1. The highest BCUT2D eigenvalue weighted by molar-refractivity contribution is 7.85. The number of phosphoric acid groups is 3. The topological polar surface area (TPSA) is 355 Å². The average Bonchev–Trinajstić information content (AvgIpc) is 3.61. The fourth-order valence-corrected chi connectivity index (χ4v) is 10.8. The standard InChI is InChI=1S/C38H50N5O19P3S/c1-4-42-29-15-14-27(66(56,57)58)22-28(29)38(2,3)31(42)12-8-10-25-16-20-41(21-17-25)19-7-5-6-13-32(44)39-18-9-11-26-23-43(37(48)40-35(26)47)36-34(46)33(45)30(60-36)24-59-64(52,53)62-65(54,55)61-63(49,50)51/h8-12,14-17,20-23,30,33-34,36,45-46H,4-7,13,18-19,24H2,1-3H3,(H6-,39,40,44,47,48,49,50,51,52,53,54,55,56,57,58)/p+1/b11-9+/t30-,33-,34-,36-/m1/s1. The summed E-state index contributed by atoms with van der Waals surface area (Å²) in [6.07, 6.45) is 8.77. The first-order valence-electron chi connectivity index (χ1n) is 20.1. The van der Waals surface area contributed by atoms with Crippen LogP contribution in [0.25, 0.3) is 12.2 Å². The summed E-state index contributed by atoms with van der Waals surface area (Å²) in [6, 6.07) is 8.60. The Morgan fingerprint density at radius 2 is 1.68 bits per heavy atom. The molecule has 1 aromatic carbocycles. The number of anilines is 1. The number of aromatic nitrogens is 3. The summed E-state index contributed by atoms with van der Waals surface area (Å²) in [5.74, 6) is -0.245. The Hall–Kier alpha value is -4.26. The molecule has 9 N–H and O–H groups in total. The smallest absolute Gasteiger partial charge is 0.387 e. The van der Waals surface area contributed by atoms with Gasteiger partial charge in [0.15, 0.2) is 18.6 Å². The normalized spacial score (nSPS) is 22.2. The van der Waals surface area contributed by atoms with Crippen molar-refractivity contribution in [3.8, 4) is 0 Å². The maximum atomic E-state index is 12.6. The lowest BCUT2D eigenvalue weighted by Gasteiger charge is -2.25. The molecule has 1 amide bonds. The molecule has 0 radical (unpaired) electrons. The predicted octanol–water partition coefficient (Wildman–Crippen LogP) is 2.14. The lowest BCUT2D eigenvalue weighted by atomic mass is 9.83. The molecule has 2 aromatic heterocycles. The highest BCUT2D eigenvalue weighted by Crippen LogP contribution is 2.66. The number of aromatic amines is 1. The van der Waals surface area contributed by atoms with E-state index in [1.54, 1.807) is 6.07 Å². The molecule has 28 heteroatoms. The van der Waals surface area contributed by atoms with Crippen molar-refractivity contribution in [1.82, 2.24) is 14.9 Å². The van der Waals surface area contributed by atoms with E-state index in [9.17, 15) is 61.0 Å². The van der Waals surface area contributed by atoms with Gasteiger partial charge >= 0.3 is 29.2 Å². The fourth-order valence-electron chi connectivity index (χ4n) is 7.22. The number of aryl methyl sites for hydroxylation is 1. The van der Waals surface area contributed by atoms with Gasteiger partial charge in [-0.1, -0.05) is 38.2 Å². The first-order chi connectivity index (χ1) is 30.7. The van der Waals surface area contributed by atoms with Crippen molar-refractivity contribution in [1.29, 1.82) is 0 Å². The van der Waals surface area contributed by atoms with E-state index in [-0.39, 0.29) is 29.3 Å². The maximum Gasteiger partial charge on any atom is 0.490 e.